The van der Waals surface area contributed by atoms with E-state index in [2.05, 4.69) is 4.98 Å². The minimum atomic E-state index is -1.16. The molecule has 46 heavy (non-hydrogen) atoms. The number of carbonyl (C=O) groups excluding carboxylic acids is 2. The summed E-state index contributed by atoms with van der Waals surface area (Å²) in [6, 6.07) is 5.63. The summed E-state index contributed by atoms with van der Waals surface area (Å²) in [7, 11) is 11.3. The molecule has 1 unspecified atom stereocenters. The molecule has 0 fully saturated rings. The summed E-state index contributed by atoms with van der Waals surface area (Å²) in [4.78, 5) is 56.4. The second kappa shape index (κ2) is 14.0. The molecule has 1 atom stereocenters. The molecule has 0 bridgehead atoms. The zero-order valence-corrected chi connectivity index (χ0v) is 26.6. The lowest BCUT2D eigenvalue weighted by Crippen LogP contribution is -2.38. The van der Waals surface area contributed by atoms with Crippen LogP contribution >= 0.6 is 0 Å². The Hall–Kier alpha value is -5.67. The van der Waals surface area contributed by atoms with E-state index in [1.807, 2.05) is 0 Å². The van der Waals surface area contributed by atoms with Crippen LogP contribution < -0.4 is 39.7 Å². The van der Waals surface area contributed by atoms with Crippen molar-refractivity contribution in [2.75, 3.05) is 49.3 Å². The van der Waals surface area contributed by atoms with Crippen LogP contribution in [0, 0.1) is 0 Å². The van der Waals surface area contributed by atoms with Gasteiger partial charge in [0.2, 0.25) is 11.5 Å². The molecule has 2 aromatic heterocycles. The number of hydrogen-bond donors (Lipinski definition) is 0. The Labute approximate surface area is 262 Å². The fourth-order valence-corrected chi connectivity index (χ4v) is 4.75. The first-order valence-corrected chi connectivity index (χ1v) is 13.6. The first-order valence-electron chi connectivity index (χ1n) is 13.6. The summed E-state index contributed by atoms with van der Waals surface area (Å²) in [5.74, 6) is -0.186. The highest BCUT2D eigenvalue weighted by atomic mass is 16.6. The van der Waals surface area contributed by atoms with Gasteiger partial charge in [-0.25, -0.2) is 19.4 Å². The third-order valence-corrected chi connectivity index (χ3v) is 7.09. The molecule has 0 N–H and O–H groups in total. The highest BCUT2D eigenvalue weighted by Crippen LogP contribution is 2.39. The van der Waals surface area contributed by atoms with Gasteiger partial charge in [0.15, 0.2) is 40.3 Å². The molecular weight excluding hydrogens is 608 g/mol. The quantitative estimate of drug-likeness (QED) is 0.193. The molecule has 0 aliphatic heterocycles. The van der Waals surface area contributed by atoms with Crippen molar-refractivity contribution in [1.82, 2.24) is 18.7 Å². The number of aromatic nitrogens is 4. The van der Waals surface area contributed by atoms with Crippen LogP contribution in [-0.4, -0.2) is 86.0 Å². The van der Waals surface area contributed by atoms with Gasteiger partial charge in [-0.15, -0.1) is 0 Å². The maximum atomic E-state index is 13.5. The Bertz CT molecular complexity index is 1840. The van der Waals surface area contributed by atoms with E-state index in [-0.39, 0.29) is 63.3 Å². The largest absolute Gasteiger partial charge is 0.493 e. The SMILES string of the molecule is COc1cc(C(=O)OCC(Cn2cnc3c2c(=O)n(C)c(=O)n3C)OC(=O)c2cc(OC)c(OC)c(OC)c2)cc(OC)c1OC. The van der Waals surface area contributed by atoms with Crippen molar-refractivity contribution >= 4 is 23.1 Å². The van der Waals surface area contributed by atoms with Crippen molar-refractivity contribution < 1.29 is 47.5 Å². The van der Waals surface area contributed by atoms with Gasteiger partial charge in [-0.1, -0.05) is 0 Å². The maximum Gasteiger partial charge on any atom is 0.338 e. The lowest BCUT2D eigenvalue weighted by atomic mass is 10.1. The van der Waals surface area contributed by atoms with Gasteiger partial charge in [0.05, 0.1) is 66.7 Å². The third-order valence-electron chi connectivity index (χ3n) is 7.09. The Kier molecular flexibility index (Phi) is 10.1. The summed E-state index contributed by atoms with van der Waals surface area (Å²) < 4.78 is 46.9. The monoisotopic (exact) mass is 642 g/mol. The third kappa shape index (κ3) is 6.27. The minimum Gasteiger partial charge on any atom is -0.493 e. The molecule has 0 radical (unpaired) electrons. The number of hydrogen-bond acceptors (Lipinski definition) is 13. The Morgan fingerprint density at radius 1 is 0.717 bits per heavy atom. The van der Waals surface area contributed by atoms with E-state index in [0.717, 1.165) is 4.57 Å². The number of fused-ring (bicyclic) bond motifs is 1. The summed E-state index contributed by atoms with van der Waals surface area (Å²) >= 11 is 0. The summed E-state index contributed by atoms with van der Waals surface area (Å²) in [5.41, 5.74) is -0.857. The standard InChI is InChI=1S/C30H34N4O12/c1-32-26-23(27(35)33(2)30(32)38)34(15-31-26)13-18(46-29(37)17-11-21(41-5)25(44-8)22(12-17)42-6)14-45-28(36)16-9-19(39-3)24(43-7)20(10-16)40-4/h9-12,15,18H,13-14H2,1-8H3. The Morgan fingerprint density at radius 3 is 1.65 bits per heavy atom. The van der Waals surface area contributed by atoms with Crippen LogP contribution in [0.4, 0.5) is 0 Å². The number of ether oxygens (including phenoxy) is 8. The van der Waals surface area contributed by atoms with Crippen LogP contribution in [0.5, 0.6) is 34.5 Å². The zero-order valence-electron chi connectivity index (χ0n) is 26.6. The molecule has 4 rings (SSSR count). The molecule has 2 aromatic carbocycles. The van der Waals surface area contributed by atoms with E-state index in [0.29, 0.717) is 0 Å². The fraction of sp³-hybridized carbons (Fsp3) is 0.367. The highest BCUT2D eigenvalue weighted by molar-refractivity contribution is 5.92. The summed E-state index contributed by atoms with van der Waals surface area (Å²) in [5, 5.41) is 0. The number of imidazole rings is 1. The number of carbonyl (C=O) groups is 2. The van der Waals surface area contributed by atoms with Gasteiger partial charge in [-0.2, -0.15) is 0 Å². The summed E-state index contributed by atoms with van der Waals surface area (Å²) in [6.45, 7) is -0.625. The van der Waals surface area contributed by atoms with E-state index in [1.54, 1.807) is 0 Å². The van der Waals surface area contributed by atoms with Crippen molar-refractivity contribution in [3.63, 3.8) is 0 Å². The maximum absolute atomic E-state index is 13.5. The normalized spacial score (nSPS) is 11.5. The summed E-state index contributed by atoms with van der Waals surface area (Å²) in [6.07, 6.45) is 0.171. The number of benzene rings is 2. The number of rotatable bonds is 13. The average molecular weight is 643 g/mol. The minimum absolute atomic E-state index is 0.0456. The molecule has 16 nitrogen and oxygen atoms in total. The van der Waals surface area contributed by atoms with Gasteiger partial charge < -0.3 is 42.5 Å². The molecule has 0 aliphatic carbocycles. The first-order chi connectivity index (χ1) is 22.0. The van der Waals surface area contributed by atoms with Crippen molar-refractivity contribution in [2.45, 2.75) is 12.6 Å². The molecule has 0 amide bonds. The lowest BCUT2D eigenvalue weighted by Gasteiger charge is -2.20. The van der Waals surface area contributed by atoms with Gasteiger partial charge in [0.1, 0.15) is 6.61 Å². The first kappa shape index (κ1) is 33.2. The van der Waals surface area contributed by atoms with Crippen LogP contribution in [0.25, 0.3) is 11.2 Å². The van der Waals surface area contributed by atoms with Crippen LogP contribution in [0.3, 0.4) is 0 Å². The molecule has 4 aromatic rings. The zero-order chi connectivity index (χ0) is 33.7. The van der Waals surface area contributed by atoms with E-state index >= 15 is 0 Å². The van der Waals surface area contributed by atoms with Gasteiger partial charge in [0.25, 0.3) is 5.56 Å². The molecule has 0 saturated heterocycles. The van der Waals surface area contributed by atoms with E-state index in [4.69, 9.17) is 37.9 Å². The van der Waals surface area contributed by atoms with Crippen LogP contribution in [-0.2, 0) is 30.1 Å². The van der Waals surface area contributed by atoms with Crippen LogP contribution in [0.1, 0.15) is 20.7 Å². The van der Waals surface area contributed by atoms with Gasteiger partial charge in [-0.3, -0.25) is 13.9 Å². The smallest absolute Gasteiger partial charge is 0.338 e. The highest BCUT2D eigenvalue weighted by Gasteiger charge is 2.26. The van der Waals surface area contributed by atoms with Gasteiger partial charge in [0, 0.05) is 14.1 Å². The molecule has 0 saturated carbocycles. The fourth-order valence-electron chi connectivity index (χ4n) is 4.75. The number of nitrogens with zero attached hydrogens (tertiary/aromatic N) is 4. The van der Waals surface area contributed by atoms with Gasteiger partial charge >= 0.3 is 17.6 Å². The predicted octanol–water partition coefficient (Wildman–Crippen LogP) is 1.57. The lowest BCUT2D eigenvalue weighted by molar-refractivity contribution is -0.00495. The second-order valence-corrected chi connectivity index (χ2v) is 9.73. The second-order valence-electron chi connectivity index (χ2n) is 9.73. The number of esters is 2. The molecule has 0 spiro atoms. The molecular formula is C30H34N4O12. The van der Waals surface area contributed by atoms with Crippen LogP contribution in [0.2, 0.25) is 0 Å². The van der Waals surface area contributed by atoms with E-state index in [9.17, 15) is 19.2 Å². The Morgan fingerprint density at radius 2 is 1.20 bits per heavy atom. The van der Waals surface area contributed by atoms with E-state index in [1.165, 1.54) is 96.5 Å². The Balaban J connectivity index is 1.70. The van der Waals surface area contributed by atoms with Crippen molar-refractivity contribution in [3.05, 3.63) is 62.6 Å². The predicted molar refractivity (Wildman–Crippen MR) is 162 cm³/mol. The van der Waals surface area contributed by atoms with Crippen molar-refractivity contribution in [1.29, 1.82) is 0 Å². The van der Waals surface area contributed by atoms with E-state index < -0.39 is 35.9 Å². The molecule has 16 heteroatoms. The molecule has 0 aliphatic rings. The average Bonchev–Trinajstić information content (AvgIpc) is 3.50. The van der Waals surface area contributed by atoms with Crippen molar-refractivity contribution in [3.8, 4) is 34.5 Å². The topological polar surface area (TPSA) is 170 Å². The molecule has 2 heterocycles. The van der Waals surface area contributed by atoms with Crippen molar-refractivity contribution in [2.24, 2.45) is 14.1 Å². The number of aryl methyl sites for hydroxylation is 1. The van der Waals surface area contributed by atoms with Crippen LogP contribution in [0.15, 0.2) is 40.2 Å². The van der Waals surface area contributed by atoms with Gasteiger partial charge in [-0.05, 0) is 24.3 Å². The number of methoxy groups -OCH3 is 6. The molecule has 246 valence electrons.